The zero-order valence-electron chi connectivity index (χ0n) is 21.7. The van der Waals surface area contributed by atoms with Crippen molar-refractivity contribution in [2.45, 2.75) is 65.2 Å². The van der Waals surface area contributed by atoms with Crippen molar-refractivity contribution in [2.75, 3.05) is 45.8 Å². The molecule has 192 valence electrons. The van der Waals surface area contributed by atoms with E-state index in [1.807, 2.05) is 4.90 Å². The molecule has 3 fully saturated rings. The summed E-state index contributed by atoms with van der Waals surface area (Å²) in [4.78, 5) is 32.4. The smallest absolute Gasteiger partial charge is 0.289 e. The Morgan fingerprint density at radius 3 is 2.57 bits per heavy atom. The Kier molecular flexibility index (Phi) is 7.38. The highest BCUT2D eigenvalue weighted by molar-refractivity contribution is 5.91. The van der Waals surface area contributed by atoms with E-state index in [4.69, 9.17) is 4.42 Å². The summed E-state index contributed by atoms with van der Waals surface area (Å²) < 4.78 is 5.47. The number of rotatable bonds is 9. The first kappa shape index (κ1) is 24.6. The summed E-state index contributed by atoms with van der Waals surface area (Å²) in [6, 6.07) is 3.55. The summed E-state index contributed by atoms with van der Waals surface area (Å²) in [5.41, 5.74) is 1.78. The second kappa shape index (κ2) is 10.5. The highest BCUT2D eigenvalue weighted by Crippen LogP contribution is 2.59. The number of carbonyl (C=O) groups excluding carboxylic acids is 2. The highest BCUT2D eigenvalue weighted by Gasteiger charge is 2.51. The number of hydrogen-bond acceptors (Lipinski definition) is 4. The van der Waals surface area contributed by atoms with Gasteiger partial charge in [0.1, 0.15) is 0 Å². The fourth-order valence-electron chi connectivity index (χ4n) is 6.95. The molecule has 2 saturated carbocycles. The minimum Gasteiger partial charge on any atom is -0.459 e. The van der Waals surface area contributed by atoms with Crippen LogP contribution < -0.4 is 0 Å². The first-order valence-electron chi connectivity index (χ1n) is 13.9. The number of furan rings is 1. The zero-order valence-corrected chi connectivity index (χ0v) is 21.7. The number of hydrogen-bond donors (Lipinski definition) is 0. The van der Waals surface area contributed by atoms with Gasteiger partial charge in [0.15, 0.2) is 5.76 Å². The number of fused-ring (bicyclic) bond motifs is 1. The molecule has 0 aromatic carbocycles. The van der Waals surface area contributed by atoms with Crippen LogP contribution in [0.5, 0.6) is 0 Å². The molecule has 6 rings (SSSR count). The molecule has 6 heteroatoms. The third kappa shape index (κ3) is 5.37. The quantitative estimate of drug-likeness (QED) is 0.474. The van der Waals surface area contributed by atoms with Gasteiger partial charge in [-0.2, -0.15) is 0 Å². The summed E-state index contributed by atoms with van der Waals surface area (Å²) in [6.45, 7) is 10.4. The lowest BCUT2D eigenvalue weighted by molar-refractivity contribution is -0.133. The largest absolute Gasteiger partial charge is 0.459 e. The van der Waals surface area contributed by atoms with Crippen molar-refractivity contribution in [3.8, 4) is 0 Å². The van der Waals surface area contributed by atoms with Crippen LogP contribution >= 0.6 is 0 Å². The van der Waals surface area contributed by atoms with Crippen LogP contribution in [-0.2, 0) is 4.79 Å². The van der Waals surface area contributed by atoms with Gasteiger partial charge in [-0.3, -0.25) is 14.5 Å². The Morgan fingerprint density at radius 2 is 1.91 bits per heavy atom. The van der Waals surface area contributed by atoms with Crippen molar-refractivity contribution in [2.24, 2.45) is 23.2 Å². The molecular formula is C29H43N3O3. The molecule has 0 radical (unpaired) electrons. The first-order chi connectivity index (χ1) is 16.9. The summed E-state index contributed by atoms with van der Waals surface area (Å²) in [6.07, 6.45) is 13.4. The van der Waals surface area contributed by atoms with E-state index in [1.165, 1.54) is 37.7 Å². The third-order valence-electron chi connectivity index (χ3n) is 9.63. The van der Waals surface area contributed by atoms with E-state index in [0.717, 1.165) is 57.4 Å². The first-order valence-corrected chi connectivity index (χ1v) is 13.9. The normalized spacial score (nSPS) is 26.3. The summed E-state index contributed by atoms with van der Waals surface area (Å²) in [7, 11) is 0. The lowest BCUT2D eigenvalue weighted by atomic mass is 9.49. The minimum absolute atomic E-state index is 0.0177. The van der Waals surface area contributed by atoms with E-state index in [9.17, 15) is 9.59 Å². The second-order valence-electron chi connectivity index (χ2n) is 11.9. The molecule has 2 unspecified atom stereocenters. The van der Waals surface area contributed by atoms with Crippen molar-refractivity contribution in [3.05, 3.63) is 35.8 Å². The monoisotopic (exact) mass is 481 g/mol. The van der Waals surface area contributed by atoms with E-state index in [-0.39, 0.29) is 5.91 Å². The SMILES string of the molecule is CC1(C)C2CC=C(CN(CCN3CCN(C(=O)CCC4CCCC4)CC3)C(=O)c3ccco3)C1C2. The van der Waals surface area contributed by atoms with E-state index in [0.29, 0.717) is 42.5 Å². The van der Waals surface area contributed by atoms with Gasteiger partial charge in [0, 0.05) is 52.2 Å². The number of amides is 2. The number of piperazine rings is 1. The Balaban J connectivity index is 1.13. The van der Waals surface area contributed by atoms with Crippen LogP contribution in [0, 0.1) is 23.2 Å². The average Bonchev–Trinajstić information content (AvgIpc) is 3.60. The molecule has 4 aliphatic carbocycles. The second-order valence-corrected chi connectivity index (χ2v) is 11.9. The molecular weight excluding hydrogens is 438 g/mol. The maximum atomic E-state index is 13.3. The molecule has 2 atom stereocenters. The predicted molar refractivity (Wildman–Crippen MR) is 137 cm³/mol. The Bertz CT molecular complexity index is 908. The molecule has 2 heterocycles. The van der Waals surface area contributed by atoms with Gasteiger partial charge in [0.05, 0.1) is 6.26 Å². The van der Waals surface area contributed by atoms with Gasteiger partial charge < -0.3 is 14.2 Å². The van der Waals surface area contributed by atoms with Crippen molar-refractivity contribution in [1.82, 2.24) is 14.7 Å². The van der Waals surface area contributed by atoms with Gasteiger partial charge in [0.2, 0.25) is 5.91 Å². The van der Waals surface area contributed by atoms with Gasteiger partial charge in [-0.05, 0) is 54.6 Å². The molecule has 2 amide bonds. The zero-order chi connectivity index (χ0) is 24.4. The van der Waals surface area contributed by atoms with Crippen LogP contribution in [0.4, 0.5) is 0 Å². The topological polar surface area (TPSA) is 57.0 Å². The lowest BCUT2D eigenvalue weighted by Gasteiger charge is -2.57. The molecule has 2 bridgehead atoms. The Hall–Kier alpha value is -2.08. The fourth-order valence-corrected chi connectivity index (χ4v) is 6.95. The Labute approximate surface area is 210 Å². The average molecular weight is 482 g/mol. The van der Waals surface area contributed by atoms with Crippen molar-refractivity contribution in [1.29, 1.82) is 0 Å². The van der Waals surface area contributed by atoms with Gasteiger partial charge in [0.25, 0.3) is 5.91 Å². The van der Waals surface area contributed by atoms with Gasteiger partial charge >= 0.3 is 0 Å². The Morgan fingerprint density at radius 1 is 1.14 bits per heavy atom. The van der Waals surface area contributed by atoms with Crippen LogP contribution in [0.2, 0.25) is 0 Å². The summed E-state index contributed by atoms with van der Waals surface area (Å²) in [5, 5.41) is 0. The maximum Gasteiger partial charge on any atom is 0.289 e. The molecule has 1 saturated heterocycles. The number of allylic oxidation sites excluding steroid dienone is 1. The van der Waals surface area contributed by atoms with Gasteiger partial charge in [-0.25, -0.2) is 0 Å². The molecule has 1 aliphatic heterocycles. The summed E-state index contributed by atoms with van der Waals surface area (Å²) >= 11 is 0. The molecule has 0 N–H and O–H groups in total. The van der Waals surface area contributed by atoms with E-state index in [2.05, 4.69) is 29.7 Å². The van der Waals surface area contributed by atoms with Crippen LogP contribution in [0.15, 0.2) is 34.5 Å². The van der Waals surface area contributed by atoms with E-state index >= 15 is 0 Å². The molecule has 0 spiro atoms. The molecule has 5 aliphatic rings. The van der Waals surface area contributed by atoms with Gasteiger partial charge in [-0.1, -0.05) is 51.2 Å². The standard InChI is InChI=1S/C29H43N3O3/c1-29(2)24-11-10-23(25(29)20-24)21-32(28(34)26-8-5-19-35-26)18-15-30-13-16-31(17-14-30)27(33)12-9-22-6-3-4-7-22/h5,8,10,19,22,24-25H,3-4,6-7,9,11-18,20-21H2,1-2H3. The predicted octanol–water partition coefficient (Wildman–Crippen LogP) is 4.83. The van der Waals surface area contributed by atoms with Gasteiger partial charge in [-0.15, -0.1) is 0 Å². The fraction of sp³-hybridized carbons (Fsp3) is 0.724. The summed E-state index contributed by atoms with van der Waals surface area (Å²) in [5.74, 6) is 2.89. The van der Waals surface area contributed by atoms with Crippen LogP contribution in [0.1, 0.15) is 75.8 Å². The maximum absolute atomic E-state index is 13.3. The molecule has 35 heavy (non-hydrogen) atoms. The minimum atomic E-state index is -0.0177. The van der Waals surface area contributed by atoms with Crippen molar-refractivity contribution >= 4 is 11.8 Å². The van der Waals surface area contributed by atoms with E-state index < -0.39 is 0 Å². The van der Waals surface area contributed by atoms with Crippen molar-refractivity contribution < 1.29 is 14.0 Å². The lowest BCUT2D eigenvalue weighted by Crippen LogP contribution is -2.52. The molecule has 1 aromatic rings. The molecule has 6 nitrogen and oxygen atoms in total. The van der Waals surface area contributed by atoms with Crippen LogP contribution in [0.3, 0.4) is 0 Å². The number of carbonyl (C=O) groups is 2. The number of nitrogens with zero attached hydrogens (tertiary/aromatic N) is 3. The third-order valence-corrected chi connectivity index (χ3v) is 9.63. The van der Waals surface area contributed by atoms with Crippen molar-refractivity contribution in [3.63, 3.8) is 0 Å². The molecule has 1 aromatic heterocycles. The highest BCUT2D eigenvalue weighted by atomic mass is 16.3. The van der Waals surface area contributed by atoms with E-state index in [1.54, 1.807) is 18.4 Å². The van der Waals surface area contributed by atoms with Crippen LogP contribution in [-0.4, -0.2) is 72.3 Å². The van der Waals surface area contributed by atoms with Crippen LogP contribution in [0.25, 0.3) is 0 Å².